The van der Waals surface area contributed by atoms with Crippen molar-refractivity contribution in [3.63, 3.8) is 0 Å². The van der Waals surface area contributed by atoms with Gasteiger partial charge in [-0.15, -0.1) is 0 Å². The van der Waals surface area contributed by atoms with Crippen LogP contribution in [-0.2, 0) is 19.6 Å². The lowest BCUT2D eigenvalue weighted by molar-refractivity contribution is -0.160. The van der Waals surface area contributed by atoms with Crippen LogP contribution in [0.25, 0.3) is 10.8 Å². The Kier molecular flexibility index (Phi) is 6.51. The van der Waals surface area contributed by atoms with E-state index < -0.39 is 21.6 Å². The Morgan fingerprint density at radius 3 is 2.36 bits per heavy atom. The van der Waals surface area contributed by atoms with Gasteiger partial charge in [0.1, 0.15) is 11.6 Å². The molecule has 0 aromatic heterocycles. The van der Waals surface area contributed by atoms with E-state index in [1.54, 1.807) is 17.0 Å². The number of fused-ring (bicyclic) bond motifs is 1. The molecule has 7 nitrogen and oxygen atoms in total. The second-order valence-electron chi connectivity index (χ2n) is 9.59. The van der Waals surface area contributed by atoms with Gasteiger partial charge in [0.25, 0.3) is 0 Å². The maximum absolute atomic E-state index is 13.4. The minimum absolute atomic E-state index is 0.0454. The van der Waals surface area contributed by atoms with E-state index >= 15 is 0 Å². The SMILES string of the molecule is CCCN1C(=O)C(CC(C)C)NC(=O)C12CCN(S(=O)(=O)c1ccc3ccccc3c1)CC2. The van der Waals surface area contributed by atoms with Gasteiger partial charge in [-0.2, -0.15) is 4.31 Å². The molecule has 8 heteroatoms. The third kappa shape index (κ3) is 4.26. The number of nitrogens with one attached hydrogen (secondary N) is 1. The van der Waals surface area contributed by atoms with Gasteiger partial charge in [-0.25, -0.2) is 8.42 Å². The number of rotatable bonds is 6. The summed E-state index contributed by atoms with van der Waals surface area (Å²) in [6.45, 7) is 6.95. The topological polar surface area (TPSA) is 86.8 Å². The van der Waals surface area contributed by atoms with Crippen molar-refractivity contribution in [3.8, 4) is 0 Å². The highest BCUT2D eigenvalue weighted by atomic mass is 32.2. The Balaban J connectivity index is 1.56. The first-order chi connectivity index (χ1) is 15.7. The second-order valence-corrected chi connectivity index (χ2v) is 11.5. The quantitative estimate of drug-likeness (QED) is 0.701. The maximum Gasteiger partial charge on any atom is 0.246 e. The second kappa shape index (κ2) is 9.06. The number of piperazine rings is 1. The van der Waals surface area contributed by atoms with E-state index in [0.717, 1.165) is 17.2 Å². The molecule has 2 heterocycles. The minimum atomic E-state index is -3.70. The van der Waals surface area contributed by atoms with Gasteiger partial charge >= 0.3 is 0 Å². The van der Waals surface area contributed by atoms with Crippen LogP contribution in [0.15, 0.2) is 47.4 Å². The summed E-state index contributed by atoms with van der Waals surface area (Å²) in [5, 5.41) is 4.81. The van der Waals surface area contributed by atoms with Crippen LogP contribution >= 0.6 is 0 Å². The molecule has 1 spiro atoms. The molecule has 178 valence electrons. The van der Waals surface area contributed by atoms with Crippen LogP contribution in [0.5, 0.6) is 0 Å². The number of benzene rings is 2. The maximum atomic E-state index is 13.4. The minimum Gasteiger partial charge on any atom is -0.342 e. The fourth-order valence-electron chi connectivity index (χ4n) is 5.13. The van der Waals surface area contributed by atoms with Crippen molar-refractivity contribution in [1.29, 1.82) is 0 Å². The van der Waals surface area contributed by atoms with Crippen LogP contribution in [0.3, 0.4) is 0 Å². The molecule has 2 aromatic rings. The number of carbonyl (C=O) groups excluding carboxylic acids is 2. The molecule has 2 aliphatic heterocycles. The van der Waals surface area contributed by atoms with Gasteiger partial charge in [-0.3, -0.25) is 9.59 Å². The number of hydrogen-bond acceptors (Lipinski definition) is 4. The zero-order valence-electron chi connectivity index (χ0n) is 19.6. The van der Waals surface area contributed by atoms with E-state index in [-0.39, 0.29) is 35.7 Å². The van der Waals surface area contributed by atoms with Crippen LogP contribution < -0.4 is 5.32 Å². The Hall–Kier alpha value is -2.45. The highest BCUT2D eigenvalue weighted by Crippen LogP contribution is 2.36. The smallest absolute Gasteiger partial charge is 0.246 e. The van der Waals surface area contributed by atoms with Crippen molar-refractivity contribution >= 4 is 32.6 Å². The summed E-state index contributed by atoms with van der Waals surface area (Å²) in [6.07, 6.45) is 1.94. The monoisotopic (exact) mass is 471 g/mol. The average Bonchev–Trinajstić information content (AvgIpc) is 2.80. The Labute approximate surface area is 196 Å². The number of hydrogen-bond donors (Lipinski definition) is 1. The predicted molar refractivity (Wildman–Crippen MR) is 128 cm³/mol. The van der Waals surface area contributed by atoms with Crippen molar-refractivity contribution in [2.75, 3.05) is 19.6 Å². The molecule has 1 atom stereocenters. The van der Waals surface area contributed by atoms with Crippen molar-refractivity contribution in [2.45, 2.75) is 62.9 Å². The summed E-state index contributed by atoms with van der Waals surface area (Å²) in [5.41, 5.74) is -0.976. The van der Waals surface area contributed by atoms with Crippen molar-refractivity contribution in [3.05, 3.63) is 42.5 Å². The molecule has 1 unspecified atom stereocenters. The fourth-order valence-corrected chi connectivity index (χ4v) is 6.60. The molecule has 0 saturated carbocycles. The van der Waals surface area contributed by atoms with Crippen LogP contribution in [0.1, 0.15) is 46.5 Å². The lowest BCUT2D eigenvalue weighted by Crippen LogP contribution is -2.73. The summed E-state index contributed by atoms with van der Waals surface area (Å²) in [6, 6.07) is 12.3. The summed E-state index contributed by atoms with van der Waals surface area (Å²) >= 11 is 0. The number of nitrogens with zero attached hydrogens (tertiary/aromatic N) is 2. The number of amides is 2. The normalized spacial score (nSPS) is 21.7. The van der Waals surface area contributed by atoms with E-state index in [1.165, 1.54) is 4.31 Å². The first-order valence-electron chi connectivity index (χ1n) is 11.8. The molecule has 2 aliphatic rings. The lowest BCUT2D eigenvalue weighted by atomic mass is 9.81. The Morgan fingerprint density at radius 2 is 1.73 bits per heavy atom. The van der Waals surface area contributed by atoms with E-state index in [2.05, 4.69) is 5.32 Å². The van der Waals surface area contributed by atoms with Gasteiger partial charge < -0.3 is 10.2 Å². The van der Waals surface area contributed by atoms with Gasteiger partial charge in [0.05, 0.1) is 4.90 Å². The van der Waals surface area contributed by atoms with Crippen LogP contribution in [0.4, 0.5) is 0 Å². The third-order valence-electron chi connectivity index (χ3n) is 6.87. The van der Waals surface area contributed by atoms with E-state index in [4.69, 9.17) is 0 Å². The van der Waals surface area contributed by atoms with E-state index in [0.29, 0.717) is 25.8 Å². The van der Waals surface area contributed by atoms with Gasteiger partial charge in [0.2, 0.25) is 21.8 Å². The molecular weight excluding hydrogens is 438 g/mol. The summed E-state index contributed by atoms with van der Waals surface area (Å²) in [7, 11) is -3.70. The highest BCUT2D eigenvalue weighted by Gasteiger charge is 2.54. The standard InChI is InChI=1S/C25H33N3O4S/c1-4-13-28-23(29)22(16-18(2)3)26-24(30)25(28)11-14-27(15-12-25)33(31,32)21-10-9-19-7-5-6-8-20(19)17-21/h5-10,17-18,22H,4,11-16H2,1-3H3,(H,26,30). The van der Waals surface area contributed by atoms with Crippen LogP contribution in [-0.4, -0.2) is 60.7 Å². The van der Waals surface area contributed by atoms with Crippen molar-refractivity contribution in [1.82, 2.24) is 14.5 Å². The molecule has 0 radical (unpaired) electrons. The predicted octanol–water partition coefficient (Wildman–Crippen LogP) is 3.15. The molecular formula is C25H33N3O4S. The summed E-state index contributed by atoms with van der Waals surface area (Å²) < 4.78 is 28.2. The number of piperidine rings is 1. The average molecular weight is 472 g/mol. The van der Waals surface area contributed by atoms with Crippen molar-refractivity contribution in [2.24, 2.45) is 5.92 Å². The van der Waals surface area contributed by atoms with Crippen molar-refractivity contribution < 1.29 is 18.0 Å². The number of sulfonamides is 1. The molecule has 1 N–H and O–H groups in total. The van der Waals surface area contributed by atoms with Gasteiger partial charge in [0, 0.05) is 19.6 Å². The molecule has 0 aliphatic carbocycles. The van der Waals surface area contributed by atoms with Gasteiger partial charge in [0.15, 0.2) is 0 Å². The number of carbonyl (C=O) groups is 2. The molecule has 0 bridgehead atoms. The largest absolute Gasteiger partial charge is 0.342 e. The van der Waals surface area contributed by atoms with Crippen LogP contribution in [0, 0.1) is 5.92 Å². The fraction of sp³-hybridized carbons (Fsp3) is 0.520. The molecule has 2 amide bonds. The first kappa shape index (κ1) is 23.7. The third-order valence-corrected chi connectivity index (χ3v) is 8.77. The van der Waals surface area contributed by atoms with Crippen LogP contribution in [0.2, 0.25) is 0 Å². The molecule has 2 saturated heterocycles. The van der Waals surface area contributed by atoms with E-state index in [1.807, 2.05) is 51.1 Å². The zero-order valence-corrected chi connectivity index (χ0v) is 20.4. The summed E-state index contributed by atoms with van der Waals surface area (Å²) in [4.78, 5) is 28.6. The Bertz CT molecular complexity index is 1150. The lowest BCUT2D eigenvalue weighted by Gasteiger charge is -2.51. The molecule has 2 fully saturated rings. The molecule has 2 aromatic carbocycles. The van der Waals surface area contributed by atoms with Gasteiger partial charge in [-0.05, 0) is 54.5 Å². The Morgan fingerprint density at radius 1 is 1.06 bits per heavy atom. The summed E-state index contributed by atoms with van der Waals surface area (Å²) in [5.74, 6) is 0.0886. The molecule has 33 heavy (non-hydrogen) atoms. The zero-order chi connectivity index (χ0) is 23.8. The highest BCUT2D eigenvalue weighted by molar-refractivity contribution is 7.89. The van der Waals surface area contributed by atoms with E-state index in [9.17, 15) is 18.0 Å². The van der Waals surface area contributed by atoms with Gasteiger partial charge in [-0.1, -0.05) is 51.1 Å². The first-order valence-corrected chi connectivity index (χ1v) is 13.2. The molecule has 4 rings (SSSR count).